The summed E-state index contributed by atoms with van der Waals surface area (Å²) in [6, 6.07) is 26.2. The molecule has 0 aliphatic heterocycles. The van der Waals surface area contributed by atoms with Gasteiger partial charge in [0, 0.05) is 6.92 Å². The van der Waals surface area contributed by atoms with Crippen molar-refractivity contribution in [3.05, 3.63) is 72.8 Å². The normalized spacial score (nSPS) is 10.4. The van der Waals surface area contributed by atoms with Crippen molar-refractivity contribution >= 4 is 38.3 Å². The predicted octanol–water partition coefficient (Wildman–Crippen LogP) is 5.24. The molecule has 4 aromatic rings. The van der Waals surface area contributed by atoms with E-state index < -0.39 is 5.97 Å². The standard InChI is InChI=1S/C18H12.C2H4O2/c1-2-6-14-10-18-12-16-8-4-3-7-15(16)11-17(18)9-13(14)5-1;1-2(3)4/h1-12H;1H3,(H,3,4). The van der Waals surface area contributed by atoms with Crippen LogP contribution in [0.2, 0.25) is 0 Å². The van der Waals surface area contributed by atoms with Gasteiger partial charge in [0.05, 0.1) is 0 Å². The van der Waals surface area contributed by atoms with Crippen LogP contribution >= 0.6 is 0 Å². The monoisotopic (exact) mass is 288 g/mol. The zero-order valence-corrected chi connectivity index (χ0v) is 12.3. The Morgan fingerprint density at radius 2 is 0.864 bits per heavy atom. The van der Waals surface area contributed by atoms with Gasteiger partial charge in [0.15, 0.2) is 0 Å². The molecule has 0 aliphatic carbocycles. The summed E-state index contributed by atoms with van der Waals surface area (Å²) in [5, 5.41) is 15.3. The maximum Gasteiger partial charge on any atom is 0.300 e. The number of aliphatic carboxylic acids is 1. The predicted molar refractivity (Wildman–Crippen MR) is 92.3 cm³/mol. The maximum absolute atomic E-state index is 9.00. The summed E-state index contributed by atoms with van der Waals surface area (Å²) in [6.07, 6.45) is 0. The van der Waals surface area contributed by atoms with Gasteiger partial charge in [0.1, 0.15) is 0 Å². The second kappa shape index (κ2) is 5.86. The minimum absolute atomic E-state index is 0.833. The smallest absolute Gasteiger partial charge is 0.300 e. The lowest BCUT2D eigenvalue weighted by atomic mass is 10.00. The van der Waals surface area contributed by atoms with Gasteiger partial charge in [-0.3, -0.25) is 4.79 Å². The zero-order chi connectivity index (χ0) is 15.5. The summed E-state index contributed by atoms with van der Waals surface area (Å²) < 4.78 is 0. The van der Waals surface area contributed by atoms with Gasteiger partial charge in [-0.2, -0.15) is 0 Å². The lowest BCUT2D eigenvalue weighted by Crippen LogP contribution is -1.78. The Kier molecular flexibility index (Phi) is 3.75. The third-order valence-corrected chi connectivity index (χ3v) is 3.57. The molecule has 0 saturated carbocycles. The molecule has 4 aromatic carbocycles. The van der Waals surface area contributed by atoms with E-state index in [0.29, 0.717) is 0 Å². The van der Waals surface area contributed by atoms with Crippen molar-refractivity contribution in [1.29, 1.82) is 0 Å². The van der Waals surface area contributed by atoms with E-state index in [9.17, 15) is 0 Å². The number of benzene rings is 4. The molecule has 22 heavy (non-hydrogen) atoms. The third-order valence-electron chi connectivity index (χ3n) is 3.57. The van der Waals surface area contributed by atoms with Gasteiger partial charge in [-0.1, -0.05) is 48.5 Å². The van der Waals surface area contributed by atoms with Crippen molar-refractivity contribution in [2.75, 3.05) is 0 Å². The van der Waals surface area contributed by atoms with Crippen LogP contribution in [0, 0.1) is 0 Å². The third kappa shape index (κ3) is 2.91. The first-order chi connectivity index (χ1) is 10.6. The van der Waals surface area contributed by atoms with Crippen LogP contribution in [0.15, 0.2) is 72.8 Å². The van der Waals surface area contributed by atoms with E-state index in [-0.39, 0.29) is 0 Å². The molecule has 108 valence electrons. The molecule has 2 nitrogen and oxygen atoms in total. The highest BCUT2D eigenvalue weighted by Crippen LogP contribution is 2.27. The van der Waals surface area contributed by atoms with Crippen LogP contribution in [0.25, 0.3) is 32.3 Å². The van der Waals surface area contributed by atoms with Gasteiger partial charge in [-0.05, 0) is 56.6 Å². The summed E-state index contributed by atoms with van der Waals surface area (Å²) in [4.78, 5) is 9.00. The van der Waals surface area contributed by atoms with Crippen LogP contribution in [0.4, 0.5) is 0 Å². The fourth-order valence-electron chi connectivity index (χ4n) is 2.63. The second-order valence-corrected chi connectivity index (χ2v) is 5.26. The fraction of sp³-hybridized carbons (Fsp3) is 0.0500. The van der Waals surface area contributed by atoms with Gasteiger partial charge in [-0.15, -0.1) is 0 Å². The number of fused-ring (bicyclic) bond motifs is 3. The van der Waals surface area contributed by atoms with Gasteiger partial charge >= 0.3 is 0 Å². The molecular weight excluding hydrogens is 272 g/mol. The van der Waals surface area contributed by atoms with E-state index in [0.717, 1.165) is 6.92 Å². The van der Waals surface area contributed by atoms with E-state index in [1.54, 1.807) is 0 Å². The molecule has 0 radical (unpaired) electrons. The molecule has 0 fully saturated rings. The second-order valence-electron chi connectivity index (χ2n) is 5.26. The van der Waals surface area contributed by atoms with Crippen LogP contribution in [-0.2, 0) is 4.79 Å². The molecule has 0 atom stereocenters. The van der Waals surface area contributed by atoms with E-state index in [4.69, 9.17) is 9.90 Å². The van der Waals surface area contributed by atoms with Crippen LogP contribution < -0.4 is 0 Å². The largest absolute Gasteiger partial charge is 0.481 e. The molecule has 1 N–H and O–H groups in total. The van der Waals surface area contributed by atoms with Crippen molar-refractivity contribution in [3.63, 3.8) is 0 Å². The average molecular weight is 288 g/mol. The van der Waals surface area contributed by atoms with Crippen LogP contribution in [0.5, 0.6) is 0 Å². The lowest BCUT2D eigenvalue weighted by molar-refractivity contribution is -0.134. The van der Waals surface area contributed by atoms with Crippen molar-refractivity contribution in [1.82, 2.24) is 0 Å². The van der Waals surface area contributed by atoms with Crippen LogP contribution in [0.1, 0.15) is 6.92 Å². The van der Waals surface area contributed by atoms with Crippen molar-refractivity contribution in [2.45, 2.75) is 6.92 Å². The number of hydrogen-bond acceptors (Lipinski definition) is 1. The Hall–Kier alpha value is -2.87. The Morgan fingerprint density at radius 3 is 1.09 bits per heavy atom. The molecule has 0 unspecified atom stereocenters. The van der Waals surface area contributed by atoms with Gasteiger partial charge in [0.25, 0.3) is 5.97 Å². The number of hydrogen-bond donors (Lipinski definition) is 1. The fourth-order valence-corrected chi connectivity index (χ4v) is 2.63. The molecule has 4 rings (SSSR count). The Balaban J connectivity index is 0.000000325. The topological polar surface area (TPSA) is 37.3 Å². The summed E-state index contributed by atoms with van der Waals surface area (Å²) in [5.74, 6) is -0.833. The summed E-state index contributed by atoms with van der Waals surface area (Å²) in [5.41, 5.74) is 0. The molecular formula is C20H16O2. The molecule has 0 aliphatic rings. The van der Waals surface area contributed by atoms with Gasteiger partial charge in [-0.25, -0.2) is 0 Å². The summed E-state index contributed by atoms with van der Waals surface area (Å²) >= 11 is 0. The highest BCUT2D eigenvalue weighted by molar-refractivity contribution is 6.04. The first-order valence-corrected chi connectivity index (χ1v) is 7.14. The molecule has 0 saturated heterocycles. The minimum atomic E-state index is -0.833. The quantitative estimate of drug-likeness (QED) is 0.449. The Morgan fingerprint density at radius 1 is 0.636 bits per heavy atom. The zero-order valence-electron chi connectivity index (χ0n) is 12.3. The van der Waals surface area contributed by atoms with E-state index in [2.05, 4.69) is 72.8 Å². The molecule has 0 amide bonds. The van der Waals surface area contributed by atoms with E-state index in [1.807, 2.05) is 0 Å². The van der Waals surface area contributed by atoms with Crippen molar-refractivity contribution in [2.24, 2.45) is 0 Å². The van der Waals surface area contributed by atoms with Crippen molar-refractivity contribution in [3.8, 4) is 0 Å². The SMILES string of the molecule is CC(=O)O.c1ccc2cc3cc4ccccc4cc3cc2c1. The molecule has 0 spiro atoms. The summed E-state index contributed by atoms with van der Waals surface area (Å²) in [6.45, 7) is 1.08. The highest BCUT2D eigenvalue weighted by atomic mass is 16.4. The van der Waals surface area contributed by atoms with Gasteiger partial charge < -0.3 is 5.11 Å². The summed E-state index contributed by atoms with van der Waals surface area (Å²) in [7, 11) is 0. The van der Waals surface area contributed by atoms with E-state index in [1.165, 1.54) is 32.3 Å². The molecule has 0 aromatic heterocycles. The minimum Gasteiger partial charge on any atom is -0.481 e. The first-order valence-electron chi connectivity index (χ1n) is 7.14. The van der Waals surface area contributed by atoms with Crippen LogP contribution in [-0.4, -0.2) is 11.1 Å². The molecule has 0 heterocycles. The average Bonchev–Trinajstić information content (AvgIpc) is 2.50. The van der Waals surface area contributed by atoms with Gasteiger partial charge in [0.2, 0.25) is 0 Å². The first kappa shape index (κ1) is 14.1. The Labute approximate surface area is 128 Å². The number of carboxylic acids is 1. The number of carbonyl (C=O) groups is 1. The Bertz CT molecular complexity index is 823. The number of carboxylic acid groups (broad SMARTS) is 1. The van der Waals surface area contributed by atoms with Crippen LogP contribution in [0.3, 0.4) is 0 Å². The lowest BCUT2D eigenvalue weighted by Gasteiger charge is -2.04. The number of rotatable bonds is 0. The highest BCUT2D eigenvalue weighted by Gasteiger charge is 2.00. The maximum atomic E-state index is 9.00. The van der Waals surface area contributed by atoms with Crippen molar-refractivity contribution < 1.29 is 9.90 Å². The van der Waals surface area contributed by atoms with E-state index >= 15 is 0 Å². The molecule has 2 heteroatoms. The molecule has 0 bridgehead atoms.